The highest BCUT2D eigenvalue weighted by Gasteiger charge is 2.22. The number of ether oxygens (including phenoxy) is 1. The fourth-order valence-corrected chi connectivity index (χ4v) is 2.61. The molecule has 0 aliphatic carbocycles. The van der Waals surface area contributed by atoms with Gasteiger partial charge in [0.15, 0.2) is 0 Å². The zero-order chi connectivity index (χ0) is 13.1. The second kappa shape index (κ2) is 6.79. The van der Waals surface area contributed by atoms with E-state index in [0.717, 1.165) is 25.3 Å². The first-order valence-corrected chi connectivity index (χ1v) is 6.54. The van der Waals surface area contributed by atoms with Crippen molar-refractivity contribution in [1.82, 2.24) is 15.3 Å². The summed E-state index contributed by atoms with van der Waals surface area (Å²) in [6, 6.07) is 6.33. The van der Waals surface area contributed by atoms with E-state index < -0.39 is 0 Å². The van der Waals surface area contributed by atoms with E-state index in [-0.39, 0.29) is 18.5 Å². The molecule has 0 bridgehead atoms. The lowest BCUT2D eigenvalue weighted by atomic mass is 9.91. The van der Waals surface area contributed by atoms with Gasteiger partial charge in [-0.25, -0.2) is 0 Å². The average molecular weight is 292 g/mol. The second-order valence-electron chi connectivity index (χ2n) is 4.63. The number of fused-ring (bicyclic) bond motifs is 1. The first-order valence-electron chi connectivity index (χ1n) is 6.54. The Bertz CT molecular complexity index is 562. The fraction of sp³-hybridized carbons (Fsp3) is 0.333. The average Bonchev–Trinajstić information content (AvgIpc) is 2.48. The van der Waals surface area contributed by atoms with E-state index in [1.54, 1.807) is 12.4 Å². The first kappa shape index (κ1) is 14.9. The summed E-state index contributed by atoms with van der Waals surface area (Å²) in [6.45, 7) is 1.59. The highest BCUT2D eigenvalue weighted by atomic mass is 35.5. The van der Waals surface area contributed by atoms with E-state index in [4.69, 9.17) is 4.74 Å². The minimum Gasteiger partial charge on any atom is -0.372 e. The van der Waals surface area contributed by atoms with Crippen molar-refractivity contribution >= 4 is 12.4 Å². The van der Waals surface area contributed by atoms with Gasteiger partial charge in [-0.3, -0.25) is 9.97 Å². The molecule has 0 unspecified atom stereocenters. The highest BCUT2D eigenvalue weighted by molar-refractivity contribution is 5.85. The van der Waals surface area contributed by atoms with Crippen LogP contribution in [0.4, 0.5) is 0 Å². The molecule has 0 radical (unpaired) electrons. The molecule has 1 aromatic carbocycles. The number of nitrogens with one attached hydrogen (secondary N) is 1. The van der Waals surface area contributed by atoms with Crippen molar-refractivity contribution in [3.8, 4) is 11.3 Å². The zero-order valence-corrected chi connectivity index (χ0v) is 12.2. The summed E-state index contributed by atoms with van der Waals surface area (Å²) in [5, 5.41) is 3.18. The van der Waals surface area contributed by atoms with Gasteiger partial charge in [0.05, 0.1) is 24.6 Å². The van der Waals surface area contributed by atoms with E-state index in [1.807, 2.05) is 13.2 Å². The van der Waals surface area contributed by atoms with Crippen LogP contribution in [0, 0.1) is 0 Å². The van der Waals surface area contributed by atoms with Gasteiger partial charge in [-0.05, 0) is 24.6 Å². The van der Waals surface area contributed by atoms with Crippen LogP contribution in [0.2, 0.25) is 0 Å². The Morgan fingerprint density at radius 1 is 1.35 bits per heavy atom. The number of hydrogen-bond donors (Lipinski definition) is 1. The Labute approximate surface area is 125 Å². The molecule has 20 heavy (non-hydrogen) atoms. The van der Waals surface area contributed by atoms with Crippen LogP contribution in [-0.2, 0) is 11.2 Å². The van der Waals surface area contributed by atoms with Gasteiger partial charge < -0.3 is 10.1 Å². The third kappa shape index (κ3) is 2.82. The van der Waals surface area contributed by atoms with Gasteiger partial charge in [0, 0.05) is 24.5 Å². The molecule has 106 valence electrons. The number of benzene rings is 1. The van der Waals surface area contributed by atoms with Crippen LogP contribution in [0.15, 0.2) is 36.8 Å². The topological polar surface area (TPSA) is 47.0 Å². The maximum Gasteiger partial charge on any atom is 0.0952 e. The Morgan fingerprint density at radius 3 is 3.00 bits per heavy atom. The number of nitrogens with zero attached hydrogens (tertiary/aromatic N) is 2. The van der Waals surface area contributed by atoms with E-state index in [9.17, 15) is 0 Å². The minimum atomic E-state index is 0. The van der Waals surface area contributed by atoms with E-state index in [2.05, 4.69) is 33.5 Å². The van der Waals surface area contributed by atoms with Crippen LogP contribution in [-0.4, -0.2) is 30.2 Å². The number of likely N-dealkylation sites (N-methyl/N-ethyl adjacent to an activating group) is 1. The summed E-state index contributed by atoms with van der Waals surface area (Å²) in [4.78, 5) is 8.57. The lowest BCUT2D eigenvalue weighted by Gasteiger charge is -2.27. The molecule has 0 spiro atoms. The van der Waals surface area contributed by atoms with E-state index in [0.29, 0.717) is 0 Å². The van der Waals surface area contributed by atoms with Crippen molar-refractivity contribution in [2.75, 3.05) is 20.2 Å². The predicted molar refractivity (Wildman–Crippen MR) is 81.0 cm³/mol. The van der Waals surface area contributed by atoms with Gasteiger partial charge in [0.2, 0.25) is 0 Å². The lowest BCUT2D eigenvalue weighted by Crippen LogP contribution is -2.25. The monoisotopic (exact) mass is 291 g/mol. The molecule has 1 atom stereocenters. The Balaban J connectivity index is 0.00000147. The second-order valence-corrected chi connectivity index (χ2v) is 4.63. The van der Waals surface area contributed by atoms with Crippen LogP contribution in [0.5, 0.6) is 0 Å². The molecule has 3 rings (SSSR count). The Morgan fingerprint density at radius 2 is 2.25 bits per heavy atom. The molecule has 2 heterocycles. The SMILES string of the molecule is CNC[C@H]1OCCc2c(-c3cnccn3)cccc21.Cl. The molecule has 4 nitrogen and oxygen atoms in total. The van der Waals surface area contributed by atoms with Gasteiger partial charge in [-0.2, -0.15) is 0 Å². The summed E-state index contributed by atoms with van der Waals surface area (Å²) >= 11 is 0. The number of aromatic nitrogens is 2. The van der Waals surface area contributed by atoms with Crippen molar-refractivity contribution in [3.63, 3.8) is 0 Å². The molecular formula is C15H18ClN3O. The first-order chi connectivity index (χ1) is 9.40. The summed E-state index contributed by atoms with van der Waals surface area (Å²) in [5.74, 6) is 0. The molecule has 0 amide bonds. The Kier molecular flexibility index (Phi) is 5.06. The lowest BCUT2D eigenvalue weighted by molar-refractivity contribution is 0.0440. The third-order valence-corrected chi connectivity index (χ3v) is 3.46. The van der Waals surface area contributed by atoms with Crippen LogP contribution in [0.1, 0.15) is 17.2 Å². The van der Waals surface area contributed by atoms with Crippen LogP contribution < -0.4 is 5.32 Å². The normalized spacial score (nSPS) is 17.1. The third-order valence-electron chi connectivity index (χ3n) is 3.46. The van der Waals surface area contributed by atoms with Gasteiger partial charge in [0.1, 0.15) is 0 Å². The van der Waals surface area contributed by atoms with E-state index in [1.165, 1.54) is 16.7 Å². The van der Waals surface area contributed by atoms with Gasteiger partial charge in [-0.15, -0.1) is 12.4 Å². The summed E-state index contributed by atoms with van der Waals surface area (Å²) < 4.78 is 5.84. The molecule has 0 saturated carbocycles. The number of hydrogen-bond acceptors (Lipinski definition) is 4. The van der Waals surface area contributed by atoms with Crippen molar-refractivity contribution in [2.45, 2.75) is 12.5 Å². The van der Waals surface area contributed by atoms with Crippen LogP contribution in [0.3, 0.4) is 0 Å². The zero-order valence-electron chi connectivity index (χ0n) is 11.4. The molecule has 2 aromatic rings. The molecule has 1 aliphatic rings. The van der Waals surface area contributed by atoms with Crippen molar-refractivity contribution in [1.29, 1.82) is 0 Å². The summed E-state index contributed by atoms with van der Waals surface area (Å²) in [6.07, 6.45) is 6.32. The molecule has 1 N–H and O–H groups in total. The highest BCUT2D eigenvalue weighted by Crippen LogP contribution is 2.33. The molecule has 1 aromatic heterocycles. The number of rotatable bonds is 3. The van der Waals surface area contributed by atoms with Crippen molar-refractivity contribution in [2.24, 2.45) is 0 Å². The molecular weight excluding hydrogens is 274 g/mol. The fourth-order valence-electron chi connectivity index (χ4n) is 2.61. The van der Waals surface area contributed by atoms with Crippen molar-refractivity contribution in [3.05, 3.63) is 47.9 Å². The molecule has 0 saturated heterocycles. The smallest absolute Gasteiger partial charge is 0.0952 e. The standard InChI is InChI=1S/C15H17N3O.ClH/c1-16-10-15-13-4-2-3-12(11(13)5-8-19-15)14-9-17-6-7-18-14;/h2-4,6-7,9,15-16H,5,8,10H2,1H3;1H/t15-;/m1./s1. The molecule has 1 aliphatic heterocycles. The quantitative estimate of drug-likeness (QED) is 0.943. The van der Waals surface area contributed by atoms with Crippen LogP contribution in [0.25, 0.3) is 11.3 Å². The maximum atomic E-state index is 5.84. The predicted octanol–water partition coefficient (Wildman–Crippen LogP) is 2.40. The Hall–Kier alpha value is -1.49. The van der Waals surface area contributed by atoms with E-state index >= 15 is 0 Å². The van der Waals surface area contributed by atoms with Crippen molar-refractivity contribution < 1.29 is 4.74 Å². The maximum absolute atomic E-state index is 5.84. The summed E-state index contributed by atoms with van der Waals surface area (Å²) in [7, 11) is 1.95. The molecule has 0 fully saturated rings. The molecule has 5 heteroatoms. The minimum absolute atomic E-state index is 0. The van der Waals surface area contributed by atoms with Gasteiger partial charge in [0.25, 0.3) is 0 Å². The summed E-state index contributed by atoms with van der Waals surface area (Å²) in [5.41, 5.74) is 4.72. The largest absolute Gasteiger partial charge is 0.372 e. The number of halogens is 1. The van der Waals surface area contributed by atoms with Gasteiger partial charge in [-0.1, -0.05) is 18.2 Å². The van der Waals surface area contributed by atoms with Gasteiger partial charge >= 0.3 is 0 Å². The van der Waals surface area contributed by atoms with Crippen LogP contribution >= 0.6 is 12.4 Å².